The highest BCUT2D eigenvalue weighted by Gasteiger charge is 2.23. The summed E-state index contributed by atoms with van der Waals surface area (Å²) in [5.41, 5.74) is 1.51. The molecular weight excluding hydrogens is 420 g/mol. The van der Waals surface area contributed by atoms with Crippen LogP contribution in [0, 0.1) is 0 Å². The lowest BCUT2D eigenvalue weighted by Crippen LogP contribution is -2.43. The van der Waals surface area contributed by atoms with Gasteiger partial charge < -0.3 is 23.7 Å². The molecule has 0 N–H and O–H groups in total. The van der Waals surface area contributed by atoms with Crippen LogP contribution in [0.25, 0.3) is 0 Å². The first kappa shape index (κ1) is 24.1. The molecule has 0 saturated carbocycles. The minimum absolute atomic E-state index is 0.0396. The van der Waals surface area contributed by atoms with Crippen LogP contribution in [-0.2, 0) is 22.6 Å². The molecule has 0 saturated heterocycles. The minimum Gasteiger partial charge on any atom is -0.497 e. The summed E-state index contributed by atoms with van der Waals surface area (Å²) in [6.07, 6.45) is 2.22. The van der Waals surface area contributed by atoms with Gasteiger partial charge in [-0.05, 0) is 48.4 Å². The lowest BCUT2D eigenvalue weighted by Gasteiger charge is -2.27. The summed E-state index contributed by atoms with van der Waals surface area (Å²) in [6, 6.07) is 20.3. The van der Waals surface area contributed by atoms with Gasteiger partial charge in [-0.25, -0.2) is 0 Å². The topological polar surface area (TPSA) is 72.2 Å². The number of methoxy groups -OCH3 is 2. The molecule has 0 aliphatic carbocycles. The van der Waals surface area contributed by atoms with Gasteiger partial charge in [-0.15, -0.1) is 0 Å². The zero-order valence-electron chi connectivity index (χ0n) is 19.1. The summed E-state index contributed by atoms with van der Waals surface area (Å²) in [7, 11) is 3.19. The fourth-order valence-electron chi connectivity index (χ4n) is 3.46. The largest absolute Gasteiger partial charge is 0.497 e. The molecule has 1 aromatic heterocycles. The zero-order valence-corrected chi connectivity index (χ0v) is 19.1. The summed E-state index contributed by atoms with van der Waals surface area (Å²) in [4.78, 5) is 29.9. The van der Waals surface area contributed by atoms with Crippen molar-refractivity contribution in [1.29, 1.82) is 0 Å². The molecule has 7 heteroatoms. The van der Waals surface area contributed by atoms with Crippen LogP contribution in [-0.4, -0.2) is 55.5 Å². The van der Waals surface area contributed by atoms with Gasteiger partial charge in [0.25, 0.3) is 5.91 Å². The summed E-state index contributed by atoms with van der Waals surface area (Å²) in [6.45, 7) is 1.61. The van der Waals surface area contributed by atoms with Gasteiger partial charge in [-0.1, -0.05) is 30.3 Å². The fraction of sp³-hybridized carbons (Fsp3) is 0.308. The van der Waals surface area contributed by atoms with Gasteiger partial charge in [0.2, 0.25) is 5.91 Å². The molecule has 0 aliphatic heterocycles. The van der Waals surface area contributed by atoms with Crippen molar-refractivity contribution in [2.24, 2.45) is 0 Å². The van der Waals surface area contributed by atoms with E-state index in [0.29, 0.717) is 49.7 Å². The van der Waals surface area contributed by atoms with E-state index in [-0.39, 0.29) is 18.4 Å². The second-order valence-corrected chi connectivity index (χ2v) is 7.62. The van der Waals surface area contributed by atoms with Crippen molar-refractivity contribution in [3.63, 3.8) is 0 Å². The lowest BCUT2D eigenvalue weighted by molar-refractivity contribution is -0.133. The van der Waals surface area contributed by atoms with E-state index in [0.717, 1.165) is 5.56 Å². The predicted molar refractivity (Wildman–Crippen MR) is 125 cm³/mol. The molecule has 3 rings (SSSR count). The first-order chi connectivity index (χ1) is 16.1. The number of carbonyl (C=O) groups is 2. The molecule has 2 amide bonds. The van der Waals surface area contributed by atoms with E-state index < -0.39 is 0 Å². The molecule has 1 heterocycles. The van der Waals surface area contributed by atoms with Crippen molar-refractivity contribution in [3.8, 4) is 5.75 Å². The number of ether oxygens (including phenoxy) is 2. The molecule has 0 radical (unpaired) electrons. The number of carbonyl (C=O) groups excluding carboxylic acids is 2. The Balaban J connectivity index is 1.77. The second kappa shape index (κ2) is 12.5. The number of hydrogen-bond acceptors (Lipinski definition) is 5. The van der Waals surface area contributed by atoms with Crippen LogP contribution >= 0.6 is 0 Å². The fourth-order valence-corrected chi connectivity index (χ4v) is 3.46. The maximum atomic E-state index is 13.4. The van der Waals surface area contributed by atoms with Crippen LogP contribution in [0.4, 0.5) is 0 Å². The van der Waals surface area contributed by atoms with Crippen LogP contribution in [0.1, 0.15) is 28.1 Å². The van der Waals surface area contributed by atoms with Crippen molar-refractivity contribution in [2.45, 2.75) is 19.5 Å². The van der Waals surface area contributed by atoms with Gasteiger partial charge >= 0.3 is 0 Å². The number of nitrogens with zero attached hydrogens (tertiary/aromatic N) is 2. The minimum atomic E-state index is -0.209. The molecule has 174 valence electrons. The van der Waals surface area contributed by atoms with Crippen molar-refractivity contribution < 1.29 is 23.5 Å². The molecule has 0 bridgehead atoms. The average Bonchev–Trinajstić information content (AvgIpc) is 3.36. The summed E-state index contributed by atoms with van der Waals surface area (Å²) in [5, 5.41) is 0. The Hall–Kier alpha value is -3.58. The molecular formula is C26H30N2O5. The van der Waals surface area contributed by atoms with E-state index >= 15 is 0 Å². The van der Waals surface area contributed by atoms with E-state index in [2.05, 4.69) is 0 Å². The average molecular weight is 451 g/mol. The summed E-state index contributed by atoms with van der Waals surface area (Å²) in [5.74, 6) is 0.988. The Bertz CT molecular complexity index is 987. The van der Waals surface area contributed by atoms with Crippen molar-refractivity contribution >= 4 is 11.8 Å². The van der Waals surface area contributed by atoms with Crippen molar-refractivity contribution in [2.75, 3.05) is 33.9 Å². The third kappa shape index (κ3) is 7.22. The lowest BCUT2D eigenvalue weighted by atomic mass is 10.1. The SMILES string of the molecule is COCCCN(CC(=O)N(Cc1ccccc1)Cc1ccco1)C(=O)c1ccc(OC)cc1. The summed E-state index contributed by atoms with van der Waals surface area (Å²) >= 11 is 0. The molecule has 33 heavy (non-hydrogen) atoms. The van der Waals surface area contributed by atoms with Gasteiger partial charge in [0.1, 0.15) is 18.1 Å². The van der Waals surface area contributed by atoms with Gasteiger partial charge in [-0.3, -0.25) is 9.59 Å². The zero-order chi connectivity index (χ0) is 23.5. The van der Waals surface area contributed by atoms with Gasteiger partial charge in [0.05, 0.1) is 19.9 Å². The van der Waals surface area contributed by atoms with Gasteiger partial charge in [0.15, 0.2) is 0 Å². The van der Waals surface area contributed by atoms with Gasteiger partial charge in [0, 0.05) is 32.4 Å². The van der Waals surface area contributed by atoms with E-state index in [4.69, 9.17) is 13.9 Å². The Morgan fingerprint density at radius 1 is 0.879 bits per heavy atom. The number of benzene rings is 2. The van der Waals surface area contributed by atoms with Gasteiger partial charge in [-0.2, -0.15) is 0 Å². The molecule has 0 atom stereocenters. The first-order valence-corrected chi connectivity index (χ1v) is 10.9. The number of hydrogen-bond donors (Lipinski definition) is 0. The standard InChI is InChI=1S/C26H30N2O5/c1-31-16-7-15-27(26(30)22-11-13-23(32-2)14-12-22)20-25(29)28(19-24-10-6-17-33-24)18-21-8-4-3-5-9-21/h3-6,8-14,17H,7,15-16,18-20H2,1-2H3. The highest BCUT2D eigenvalue weighted by molar-refractivity contribution is 5.96. The van der Waals surface area contributed by atoms with Crippen LogP contribution in [0.5, 0.6) is 5.75 Å². The van der Waals surface area contributed by atoms with E-state index in [9.17, 15) is 9.59 Å². The normalized spacial score (nSPS) is 10.6. The van der Waals surface area contributed by atoms with Crippen LogP contribution in [0.15, 0.2) is 77.4 Å². The van der Waals surface area contributed by atoms with Crippen LogP contribution in [0.3, 0.4) is 0 Å². The molecule has 0 aliphatic rings. The summed E-state index contributed by atoms with van der Waals surface area (Å²) < 4.78 is 15.8. The second-order valence-electron chi connectivity index (χ2n) is 7.62. The third-order valence-electron chi connectivity index (χ3n) is 5.22. The van der Waals surface area contributed by atoms with Crippen molar-refractivity contribution in [3.05, 3.63) is 89.9 Å². The molecule has 3 aromatic rings. The highest BCUT2D eigenvalue weighted by Crippen LogP contribution is 2.15. The molecule has 0 spiro atoms. The molecule has 2 aromatic carbocycles. The molecule has 7 nitrogen and oxygen atoms in total. The Labute approximate surface area is 194 Å². The third-order valence-corrected chi connectivity index (χ3v) is 5.22. The van der Waals surface area contributed by atoms with Crippen LogP contribution < -0.4 is 4.74 Å². The molecule has 0 fully saturated rings. The van der Waals surface area contributed by atoms with E-state index in [1.165, 1.54) is 0 Å². The monoisotopic (exact) mass is 450 g/mol. The van der Waals surface area contributed by atoms with Crippen LogP contribution in [0.2, 0.25) is 0 Å². The predicted octanol–water partition coefficient (Wildman–Crippen LogP) is 4.00. The first-order valence-electron chi connectivity index (χ1n) is 10.9. The van der Waals surface area contributed by atoms with E-state index in [1.54, 1.807) is 60.6 Å². The number of rotatable bonds is 12. The maximum Gasteiger partial charge on any atom is 0.254 e. The quantitative estimate of drug-likeness (QED) is 0.390. The Morgan fingerprint density at radius 3 is 2.27 bits per heavy atom. The van der Waals surface area contributed by atoms with E-state index in [1.807, 2.05) is 36.4 Å². The molecule has 0 unspecified atom stereocenters. The maximum absolute atomic E-state index is 13.4. The highest BCUT2D eigenvalue weighted by atomic mass is 16.5. The number of furan rings is 1. The smallest absolute Gasteiger partial charge is 0.254 e. The van der Waals surface area contributed by atoms with Crippen molar-refractivity contribution in [1.82, 2.24) is 9.80 Å². The number of amides is 2. The Morgan fingerprint density at radius 2 is 1.64 bits per heavy atom. The Kier molecular flexibility index (Phi) is 9.08.